The Morgan fingerprint density at radius 2 is 1.59 bits per heavy atom. The van der Waals surface area contributed by atoms with Crippen LogP contribution in [0.25, 0.3) is 0 Å². The summed E-state index contributed by atoms with van der Waals surface area (Å²) in [5.41, 5.74) is -0.325. The largest absolute Gasteiger partial charge is 0.431 e. The summed E-state index contributed by atoms with van der Waals surface area (Å²) in [4.78, 5) is 11.2. The summed E-state index contributed by atoms with van der Waals surface area (Å²) in [6.45, 7) is 2.13. The fourth-order valence-electron chi connectivity index (χ4n) is 3.98. The van der Waals surface area contributed by atoms with Crippen LogP contribution < -0.4 is 15.8 Å². The molecule has 1 aromatic heterocycles. The number of aliphatic hydroxyl groups is 10. The van der Waals surface area contributed by atoms with E-state index in [1.54, 1.807) is 0 Å². The molecule has 2 rings (SSSR count). The van der Waals surface area contributed by atoms with Crippen molar-refractivity contribution in [1.82, 2.24) is 15.0 Å². The van der Waals surface area contributed by atoms with Crippen molar-refractivity contribution in [3.63, 3.8) is 0 Å². The third-order valence-electron chi connectivity index (χ3n) is 7.09. The first kappa shape index (κ1) is 37.6. The van der Waals surface area contributed by atoms with Gasteiger partial charge in [0.15, 0.2) is 17.5 Å². The third kappa shape index (κ3) is 10.3. The number of aromatic nitrogens is 3. The van der Waals surface area contributed by atoms with Gasteiger partial charge in [-0.05, 0) is 25.1 Å². The molecule has 19 nitrogen and oxygen atoms in total. The predicted molar refractivity (Wildman–Crippen MR) is 158 cm³/mol. The van der Waals surface area contributed by atoms with Gasteiger partial charge in [0.05, 0.1) is 29.5 Å². The average Bonchev–Trinajstić information content (AvgIpc) is 3.05. The molecular weight excluding hydrogens is 638 g/mol. The van der Waals surface area contributed by atoms with Crippen LogP contribution in [-0.4, -0.2) is 149 Å². The number of sulfone groups is 1. The van der Waals surface area contributed by atoms with Crippen LogP contribution in [0.15, 0.2) is 29.2 Å². The van der Waals surface area contributed by atoms with Crippen LogP contribution in [0.2, 0.25) is 1.41 Å². The maximum atomic E-state index is 13.0. The lowest BCUT2D eigenvalue weighted by atomic mass is 9.85. The molecule has 0 bridgehead atoms. The van der Waals surface area contributed by atoms with Gasteiger partial charge < -0.3 is 71.6 Å². The van der Waals surface area contributed by atoms with Gasteiger partial charge in [-0.1, -0.05) is 19.9 Å². The maximum Gasteiger partial charge on any atom is 0.325 e. The Morgan fingerprint density at radius 1 is 0.935 bits per heavy atom. The van der Waals surface area contributed by atoms with Gasteiger partial charge in [-0.3, -0.25) is 0 Å². The molecule has 0 radical (unpaired) electrons. The molecule has 0 saturated heterocycles. The molecule has 0 aliphatic carbocycles. The van der Waals surface area contributed by atoms with E-state index in [-0.39, 0.29) is 16.5 Å². The smallest absolute Gasteiger partial charge is 0.325 e. The second-order valence-corrected chi connectivity index (χ2v) is 13.0. The highest BCUT2D eigenvalue weighted by molar-refractivity contribution is 7.91. The van der Waals surface area contributed by atoms with E-state index in [0.717, 1.165) is 6.92 Å². The van der Waals surface area contributed by atoms with Crippen molar-refractivity contribution in [3.8, 4) is 6.01 Å². The van der Waals surface area contributed by atoms with Crippen LogP contribution in [0.5, 0.6) is 6.01 Å². The standard InChI is InChI=1S/C26H43N5O14S/c1-12(10-32)16(34)17(35)18(36)21(39)45-25-30-23(27)29-24(31-25)28-14-5-4-6-15(9-14)46(42,43)8-7-44-22(40)20(38)26(3,41)19(37)13(2)11-33/h4-6,9,12-13,16-22,32-41H,7-8,10-11H2,1-3H3,(H3,27,28,29,30,31)/t12?,13?,16-,17-,18?,19+,20+,21?,22?,26?/m1/s1/i/hD. The number of nitrogen functional groups attached to an aromatic ring is 1. The lowest BCUT2D eigenvalue weighted by Gasteiger charge is -2.37. The summed E-state index contributed by atoms with van der Waals surface area (Å²) < 4.78 is 43.3. The number of anilines is 3. The highest BCUT2D eigenvalue weighted by Crippen LogP contribution is 2.25. The summed E-state index contributed by atoms with van der Waals surface area (Å²) in [6, 6.07) is 4.55. The van der Waals surface area contributed by atoms with E-state index in [1.807, 2.05) is 5.73 Å². The van der Waals surface area contributed by atoms with Gasteiger partial charge in [0.2, 0.25) is 18.2 Å². The minimum Gasteiger partial charge on any atom is -0.431 e. The lowest BCUT2D eigenvalue weighted by molar-refractivity contribution is -0.239. The van der Waals surface area contributed by atoms with E-state index < -0.39 is 108 Å². The van der Waals surface area contributed by atoms with E-state index in [2.05, 4.69) is 20.3 Å². The molecule has 1 heterocycles. The van der Waals surface area contributed by atoms with Crippen molar-refractivity contribution < 1.29 is 70.4 Å². The minimum absolute atomic E-state index is 0.107. The number of nitrogens with zero attached hydrogens (tertiary/aromatic N) is 3. The first-order chi connectivity index (χ1) is 21.9. The number of nitrogens with one attached hydrogen (secondary N) is 1. The quantitative estimate of drug-likeness (QED) is 0.0589. The summed E-state index contributed by atoms with van der Waals surface area (Å²) in [7, 11) is -4.08. The van der Waals surface area contributed by atoms with E-state index >= 15 is 0 Å². The van der Waals surface area contributed by atoms with Crippen molar-refractivity contribution in [2.24, 2.45) is 11.8 Å². The Balaban J connectivity index is 2.12. The summed E-state index contributed by atoms with van der Waals surface area (Å²) >= 11 is 0. The molecule has 262 valence electrons. The van der Waals surface area contributed by atoms with Gasteiger partial charge in [-0.2, -0.15) is 15.0 Å². The molecule has 6 unspecified atom stereocenters. The number of aliphatic hydroxyl groups excluding tert-OH is 9. The molecule has 0 amide bonds. The molecule has 0 aliphatic rings. The van der Waals surface area contributed by atoms with Crippen molar-refractivity contribution in [1.29, 1.82) is 0 Å². The van der Waals surface area contributed by atoms with Gasteiger partial charge >= 0.3 is 6.01 Å². The van der Waals surface area contributed by atoms with Crippen molar-refractivity contribution >= 4 is 27.4 Å². The number of rotatable bonds is 20. The molecule has 2 aromatic rings. The highest BCUT2D eigenvalue weighted by atomic mass is 32.2. The zero-order chi connectivity index (χ0) is 35.7. The average molecular weight is 683 g/mol. The summed E-state index contributed by atoms with van der Waals surface area (Å²) in [6.07, 6.45) is -13.6. The normalized spacial score (nSPS) is 19.7. The monoisotopic (exact) mass is 682 g/mol. The number of hydrogen-bond donors (Lipinski definition) is 12. The fraction of sp³-hybridized carbons (Fsp3) is 0.654. The topological polar surface area (TPSA) is 332 Å². The van der Waals surface area contributed by atoms with E-state index in [9.17, 15) is 54.4 Å². The van der Waals surface area contributed by atoms with E-state index in [4.69, 9.17) is 16.0 Å². The molecular formula is C26H43N5O14S. The van der Waals surface area contributed by atoms with Crippen LogP contribution in [-0.2, 0) is 14.6 Å². The predicted octanol–water partition coefficient (Wildman–Crippen LogP) is -4.18. The Bertz CT molecular complexity index is 1380. The van der Waals surface area contributed by atoms with Gasteiger partial charge in [0, 0.05) is 30.7 Å². The van der Waals surface area contributed by atoms with E-state index in [1.165, 1.54) is 38.1 Å². The number of ether oxygens (including phenoxy) is 2. The number of benzene rings is 1. The summed E-state index contributed by atoms with van der Waals surface area (Å²) in [5, 5.41) is 102. The summed E-state index contributed by atoms with van der Waals surface area (Å²) in [5.74, 6) is -3.13. The number of hydrogen-bond acceptors (Lipinski definition) is 19. The second-order valence-electron chi connectivity index (χ2n) is 10.9. The Kier molecular flexibility index (Phi) is 13.7. The van der Waals surface area contributed by atoms with Gasteiger partial charge in [0.1, 0.15) is 23.9 Å². The molecule has 13 N–H and O–H groups in total. The van der Waals surface area contributed by atoms with Gasteiger partial charge in [0.25, 0.3) is 0 Å². The molecule has 0 saturated carbocycles. The van der Waals surface area contributed by atoms with Crippen molar-refractivity contribution in [2.45, 2.75) is 74.4 Å². The van der Waals surface area contributed by atoms with Crippen LogP contribution >= 0.6 is 0 Å². The molecule has 0 aliphatic heterocycles. The van der Waals surface area contributed by atoms with Gasteiger partial charge in [-0.15, -0.1) is 0 Å². The zero-order valence-corrected chi connectivity index (χ0v) is 26.0. The van der Waals surface area contributed by atoms with Gasteiger partial charge in [-0.25, -0.2) is 8.42 Å². The molecule has 0 fully saturated rings. The molecule has 10 atom stereocenters. The Labute approximate surface area is 265 Å². The SMILES string of the molecule is [2H]Nc1nc(Nc2cccc(S(=O)(=O)CCOC(O)[C@H](O)C(C)(O)[C@@H](O)C(C)CO)c2)nc(OC(O)C(O)[C@H](O)[C@H](O)C(C)CO)n1. The van der Waals surface area contributed by atoms with Crippen LogP contribution in [0.4, 0.5) is 17.6 Å². The molecule has 46 heavy (non-hydrogen) atoms. The highest BCUT2D eigenvalue weighted by Gasteiger charge is 2.44. The third-order valence-corrected chi connectivity index (χ3v) is 8.76. The molecule has 0 spiro atoms. The first-order valence-electron chi connectivity index (χ1n) is 14.4. The van der Waals surface area contributed by atoms with Crippen LogP contribution in [0.3, 0.4) is 0 Å². The fourth-order valence-corrected chi connectivity index (χ4v) is 5.13. The van der Waals surface area contributed by atoms with Crippen LogP contribution in [0.1, 0.15) is 20.8 Å². The second kappa shape index (κ2) is 16.8. The zero-order valence-electron chi connectivity index (χ0n) is 26.2. The van der Waals surface area contributed by atoms with Crippen LogP contribution in [0, 0.1) is 11.8 Å². The van der Waals surface area contributed by atoms with Crippen molar-refractivity contribution in [2.75, 3.05) is 36.6 Å². The number of nitrogens with two attached hydrogens (primary N) is 1. The molecule has 1 aromatic carbocycles. The Hall–Kier alpha value is -2.86. The molecule has 20 heteroatoms. The Morgan fingerprint density at radius 3 is 2.20 bits per heavy atom. The minimum atomic E-state index is -4.08. The lowest BCUT2D eigenvalue weighted by Crippen LogP contribution is -2.57. The van der Waals surface area contributed by atoms with Crippen molar-refractivity contribution in [3.05, 3.63) is 24.3 Å². The van der Waals surface area contributed by atoms with E-state index in [0.29, 0.717) is 0 Å². The maximum absolute atomic E-state index is 13.0. The first-order valence-corrected chi connectivity index (χ1v) is 15.6.